The lowest BCUT2D eigenvalue weighted by molar-refractivity contribution is -0.142. The van der Waals surface area contributed by atoms with Crippen LogP contribution in [0.25, 0.3) is 0 Å². The number of carbonyl (C=O) groups is 4. The van der Waals surface area contributed by atoms with Crippen LogP contribution in [0.2, 0.25) is 0 Å². The maximum absolute atomic E-state index is 13.0. The van der Waals surface area contributed by atoms with Gasteiger partial charge >= 0.3 is 5.97 Å². The number of phenolic OH excluding ortho intramolecular Hbond substituents is 1. The number of nitrogens with one attached hydrogen (secondary N) is 3. The molecule has 0 saturated carbocycles. The van der Waals surface area contributed by atoms with Crippen molar-refractivity contribution in [3.05, 3.63) is 29.8 Å². The predicted molar refractivity (Wildman–Crippen MR) is 134 cm³/mol. The van der Waals surface area contributed by atoms with E-state index in [4.69, 9.17) is 17.2 Å². The Morgan fingerprint density at radius 1 is 0.944 bits per heavy atom. The van der Waals surface area contributed by atoms with Crippen LogP contribution in [0.4, 0.5) is 0 Å². The molecule has 0 spiro atoms. The molecular weight excluding hydrogens is 494 g/mol. The second-order valence-electron chi connectivity index (χ2n) is 7.81. The molecule has 4 unspecified atom stereocenters. The molecular formula is C21H33N7O7S. The summed E-state index contributed by atoms with van der Waals surface area (Å²) >= 11 is 3.90. The SMILES string of the molecule is NC(N)=NCCCC(NC(=O)C(CO)NC(=O)C(N)CS)C(=O)NC(Cc1ccc(O)cc1)C(=O)O. The average Bonchev–Trinajstić information content (AvgIpc) is 2.83. The first kappa shape index (κ1) is 30.5. The number of aliphatic carboxylic acids is 1. The van der Waals surface area contributed by atoms with Crippen molar-refractivity contribution in [2.24, 2.45) is 22.2 Å². The maximum Gasteiger partial charge on any atom is 0.326 e. The van der Waals surface area contributed by atoms with E-state index in [2.05, 4.69) is 33.6 Å². The lowest BCUT2D eigenvalue weighted by Crippen LogP contribution is -2.58. The van der Waals surface area contributed by atoms with Gasteiger partial charge in [-0.2, -0.15) is 12.6 Å². The van der Waals surface area contributed by atoms with E-state index in [1.807, 2.05) is 0 Å². The fourth-order valence-electron chi connectivity index (χ4n) is 2.94. The van der Waals surface area contributed by atoms with Gasteiger partial charge in [-0.15, -0.1) is 0 Å². The fraction of sp³-hybridized carbons (Fsp3) is 0.476. The molecule has 1 rings (SSSR count). The summed E-state index contributed by atoms with van der Waals surface area (Å²) in [7, 11) is 0. The van der Waals surface area contributed by atoms with Crippen LogP contribution in [0, 0.1) is 0 Å². The summed E-state index contributed by atoms with van der Waals surface area (Å²) in [6, 6.07) is 0.760. The number of hydrogen-bond acceptors (Lipinski definition) is 9. The van der Waals surface area contributed by atoms with Gasteiger partial charge < -0.3 is 48.5 Å². The van der Waals surface area contributed by atoms with Crippen molar-refractivity contribution in [3.8, 4) is 5.75 Å². The van der Waals surface area contributed by atoms with Crippen LogP contribution in [-0.2, 0) is 25.6 Å². The molecule has 0 aliphatic carbocycles. The van der Waals surface area contributed by atoms with Crippen molar-refractivity contribution in [2.45, 2.75) is 43.4 Å². The Labute approximate surface area is 213 Å². The van der Waals surface area contributed by atoms with Gasteiger partial charge in [0.15, 0.2) is 5.96 Å². The smallest absolute Gasteiger partial charge is 0.326 e. The quantitative estimate of drug-likeness (QED) is 0.0472. The fourth-order valence-corrected chi connectivity index (χ4v) is 3.11. The molecule has 1 aromatic rings. The highest BCUT2D eigenvalue weighted by atomic mass is 32.1. The average molecular weight is 528 g/mol. The maximum atomic E-state index is 13.0. The molecule has 0 bridgehead atoms. The third kappa shape index (κ3) is 10.8. The number of rotatable bonds is 15. The van der Waals surface area contributed by atoms with E-state index in [1.165, 1.54) is 24.3 Å². The number of aliphatic hydroxyl groups is 1. The van der Waals surface area contributed by atoms with E-state index in [0.29, 0.717) is 5.56 Å². The second kappa shape index (κ2) is 15.4. The minimum Gasteiger partial charge on any atom is -0.508 e. The predicted octanol–water partition coefficient (Wildman–Crippen LogP) is -3.22. The number of hydrogen-bond donors (Lipinski definition) is 10. The second-order valence-corrected chi connectivity index (χ2v) is 8.18. The lowest BCUT2D eigenvalue weighted by Gasteiger charge is -2.24. The molecule has 12 N–H and O–H groups in total. The molecule has 0 fully saturated rings. The molecule has 0 radical (unpaired) electrons. The topological polar surface area (TPSA) is 255 Å². The molecule has 0 aliphatic heterocycles. The number of carbonyl (C=O) groups excluding carboxylic acids is 3. The number of aliphatic imine (C=N–C) groups is 1. The summed E-state index contributed by atoms with van der Waals surface area (Å²) in [5, 5.41) is 35.6. The van der Waals surface area contributed by atoms with E-state index < -0.39 is 54.5 Å². The summed E-state index contributed by atoms with van der Waals surface area (Å²) in [5.74, 6) is -3.91. The number of guanidine groups is 1. The number of nitrogens with two attached hydrogens (primary N) is 3. The van der Waals surface area contributed by atoms with Crippen molar-refractivity contribution < 1.29 is 34.5 Å². The van der Waals surface area contributed by atoms with Crippen LogP contribution in [0.3, 0.4) is 0 Å². The Bertz CT molecular complexity index is 926. The Balaban J connectivity index is 2.98. The van der Waals surface area contributed by atoms with E-state index >= 15 is 0 Å². The Hall–Kier alpha value is -3.56. The van der Waals surface area contributed by atoms with E-state index in [0.717, 1.165) is 0 Å². The van der Waals surface area contributed by atoms with Gasteiger partial charge in [-0.3, -0.25) is 19.4 Å². The Kier molecular flexibility index (Phi) is 13.1. The van der Waals surface area contributed by atoms with Gasteiger partial charge in [-0.05, 0) is 30.5 Å². The summed E-state index contributed by atoms with van der Waals surface area (Å²) in [6.07, 6.45) is 0.168. The first-order valence-corrected chi connectivity index (χ1v) is 11.6. The van der Waals surface area contributed by atoms with Crippen LogP contribution in [-0.4, -0.2) is 88.0 Å². The highest BCUT2D eigenvalue weighted by molar-refractivity contribution is 7.80. The summed E-state index contributed by atoms with van der Waals surface area (Å²) in [6.45, 7) is -0.646. The number of benzene rings is 1. The third-order valence-electron chi connectivity index (χ3n) is 4.92. The number of carboxylic acids is 1. The first-order chi connectivity index (χ1) is 17.0. The number of aromatic hydroxyl groups is 1. The van der Waals surface area contributed by atoms with E-state index in [9.17, 15) is 34.5 Å². The number of aliphatic hydroxyl groups excluding tert-OH is 1. The number of nitrogens with zero attached hydrogens (tertiary/aromatic N) is 1. The summed E-state index contributed by atoms with van der Waals surface area (Å²) in [4.78, 5) is 53.2. The summed E-state index contributed by atoms with van der Waals surface area (Å²) < 4.78 is 0. The molecule has 1 aromatic carbocycles. The van der Waals surface area contributed by atoms with Gasteiger partial charge in [-0.25, -0.2) is 4.79 Å². The van der Waals surface area contributed by atoms with Crippen LogP contribution < -0.4 is 33.2 Å². The van der Waals surface area contributed by atoms with Crippen LogP contribution in [0.1, 0.15) is 18.4 Å². The molecule has 0 saturated heterocycles. The van der Waals surface area contributed by atoms with Crippen molar-refractivity contribution in [3.63, 3.8) is 0 Å². The van der Waals surface area contributed by atoms with E-state index in [-0.39, 0.29) is 43.3 Å². The highest BCUT2D eigenvalue weighted by Gasteiger charge is 2.30. The first-order valence-electron chi connectivity index (χ1n) is 10.9. The minimum absolute atomic E-state index is 0.000865. The van der Waals surface area contributed by atoms with Gasteiger partial charge in [0.1, 0.15) is 23.9 Å². The standard InChI is InChI=1S/C21H33N7O7S/c22-13(10-36)17(31)28-16(9-29)19(33)26-14(2-1-7-25-21(23)24)18(32)27-15(20(34)35)8-11-3-5-12(30)6-4-11/h3-6,13-16,29-30,36H,1-2,7-10,22H2,(H,26,33)(H,27,32)(H,28,31)(H,34,35)(H4,23,24,25). The molecule has 200 valence electrons. The molecule has 0 aliphatic rings. The van der Waals surface area contributed by atoms with Crippen LogP contribution >= 0.6 is 12.6 Å². The third-order valence-corrected chi connectivity index (χ3v) is 5.31. The lowest BCUT2D eigenvalue weighted by atomic mass is 10.0. The zero-order chi connectivity index (χ0) is 27.3. The normalized spacial score (nSPS) is 14.0. The zero-order valence-corrected chi connectivity index (χ0v) is 20.4. The van der Waals surface area contributed by atoms with Gasteiger partial charge in [0.2, 0.25) is 17.7 Å². The number of thiol groups is 1. The summed E-state index contributed by atoms with van der Waals surface area (Å²) in [5.41, 5.74) is 16.7. The van der Waals surface area contributed by atoms with Gasteiger partial charge in [0, 0.05) is 18.7 Å². The largest absolute Gasteiger partial charge is 0.508 e. The van der Waals surface area contributed by atoms with Crippen molar-refractivity contribution in [2.75, 3.05) is 18.9 Å². The Morgan fingerprint density at radius 3 is 2.03 bits per heavy atom. The van der Waals surface area contributed by atoms with Crippen LogP contribution in [0.15, 0.2) is 29.3 Å². The highest BCUT2D eigenvalue weighted by Crippen LogP contribution is 2.12. The van der Waals surface area contributed by atoms with Crippen LogP contribution in [0.5, 0.6) is 5.75 Å². The zero-order valence-electron chi connectivity index (χ0n) is 19.5. The van der Waals surface area contributed by atoms with Crippen molar-refractivity contribution >= 4 is 42.3 Å². The molecule has 0 aromatic heterocycles. The van der Waals surface area contributed by atoms with Gasteiger partial charge in [0.05, 0.1) is 12.6 Å². The molecule has 3 amide bonds. The van der Waals surface area contributed by atoms with E-state index in [1.54, 1.807) is 0 Å². The monoisotopic (exact) mass is 527 g/mol. The molecule has 0 heterocycles. The molecule has 4 atom stereocenters. The Morgan fingerprint density at radius 2 is 1.50 bits per heavy atom. The molecule has 15 heteroatoms. The number of phenols is 1. The van der Waals surface area contributed by atoms with Gasteiger partial charge in [0.25, 0.3) is 0 Å². The minimum atomic E-state index is -1.41. The van der Waals surface area contributed by atoms with Crippen molar-refractivity contribution in [1.29, 1.82) is 0 Å². The van der Waals surface area contributed by atoms with Crippen molar-refractivity contribution in [1.82, 2.24) is 16.0 Å². The number of carboxylic acid groups (broad SMARTS) is 1. The van der Waals surface area contributed by atoms with Gasteiger partial charge in [-0.1, -0.05) is 12.1 Å². The number of amides is 3. The molecule has 14 nitrogen and oxygen atoms in total. The molecule has 36 heavy (non-hydrogen) atoms.